The van der Waals surface area contributed by atoms with E-state index in [2.05, 4.69) is 5.32 Å². The summed E-state index contributed by atoms with van der Waals surface area (Å²) in [6, 6.07) is 5.11. The smallest absolute Gasteiger partial charge is 0.263 e. The van der Waals surface area contributed by atoms with E-state index in [1.165, 1.54) is 4.90 Å². The molecule has 1 fully saturated rings. The van der Waals surface area contributed by atoms with Crippen LogP contribution in [0.15, 0.2) is 18.2 Å². The van der Waals surface area contributed by atoms with Gasteiger partial charge in [0.15, 0.2) is 0 Å². The normalized spacial score (nSPS) is 19.8. The van der Waals surface area contributed by atoms with Crippen LogP contribution in [0.4, 0.5) is 5.69 Å². The summed E-state index contributed by atoms with van der Waals surface area (Å²) < 4.78 is 0. The molecule has 3 rings (SSSR count). The molecule has 0 aromatic heterocycles. The maximum absolute atomic E-state index is 12.8. The Morgan fingerprint density at radius 2 is 1.91 bits per heavy atom. The number of nitrogens with one attached hydrogen (secondary N) is 1. The van der Waals surface area contributed by atoms with Crippen LogP contribution < -0.4 is 5.32 Å². The molecular formula is C17H22N2O4. The minimum Gasteiger partial charge on any atom is -0.394 e. The molecule has 1 atom stereocenters. The zero-order valence-electron chi connectivity index (χ0n) is 13.0. The van der Waals surface area contributed by atoms with Crippen molar-refractivity contribution >= 4 is 17.5 Å². The van der Waals surface area contributed by atoms with Crippen LogP contribution in [0, 0.1) is 0 Å². The molecule has 0 saturated heterocycles. The second kappa shape index (κ2) is 6.68. The Bertz CT molecular complexity index is 611. The monoisotopic (exact) mass is 318 g/mol. The van der Waals surface area contributed by atoms with E-state index >= 15 is 0 Å². The minimum atomic E-state index is -0.910. The summed E-state index contributed by atoms with van der Waals surface area (Å²) in [5.41, 5.74) is 1.34. The van der Waals surface area contributed by atoms with Crippen molar-refractivity contribution in [1.82, 2.24) is 4.90 Å². The van der Waals surface area contributed by atoms with Crippen LogP contribution in [0.1, 0.15) is 52.8 Å². The van der Waals surface area contributed by atoms with Gasteiger partial charge in [-0.05, 0) is 25.0 Å². The van der Waals surface area contributed by atoms with Gasteiger partial charge in [-0.25, -0.2) is 0 Å². The molecule has 2 amide bonds. The molecule has 124 valence electrons. The average molecular weight is 318 g/mol. The largest absolute Gasteiger partial charge is 0.394 e. The summed E-state index contributed by atoms with van der Waals surface area (Å²) in [6.07, 6.45) is 4.09. The first-order chi connectivity index (χ1) is 11.1. The predicted octanol–water partition coefficient (Wildman–Crippen LogP) is 1.38. The number of hydrogen-bond acceptors (Lipinski definition) is 5. The molecule has 2 aliphatic rings. The lowest BCUT2D eigenvalue weighted by molar-refractivity contribution is 0.0549. The maximum Gasteiger partial charge on any atom is 0.263 e. The first-order valence-corrected chi connectivity index (χ1v) is 8.17. The van der Waals surface area contributed by atoms with Gasteiger partial charge in [0.1, 0.15) is 0 Å². The summed E-state index contributed by atoms with van der Waals surface area (Å²) >= 11 is 0. The van der Waals surface area contributed by atoms with Crippen LogP contribution in [0.3, 0.4) is 0 Å². The van der Waals surface area contributed by atoms with Crippen molar-refractivity contribution in [2.24, 2.45) is 0 Å². The SMILES string of the molecule is O=C1c2cccc(NCC(O)CO)c2C(=O)N1C1CCCCC1. The predicted molar refractivity (Wildman–Crippen MR) is 85.4 cm³/mol. The van der Waals surface area contributed by atoms with Crippen molar-refractivity contribution in [3.05, 3.63) is 29.3 Å². The fourth-order valence-corrected chi connectivity index (χ4v) is 3.41. The van der Waals surface area contributed by atoms with Crippen LogP contribution in [0.2, 0.25) is 0 Å². The molecule has 1 unspecified atom stereocenters. The topological polar surface area (TPSA) is 89.9 Å². The van der Waals surface area contributed by atoms with Crippen molar-refractivity contribution in [3.63, 3.8) is 0 Å². The lowest BCUT2D eigenvalue weighted by Crippen LogP contribution is -2.41. The van der Waals surface area contributed by atoms with E-state index in [0.29, 0.717) is 16.8 Å². The van der Waals surface area contributed by atoms with E-state index in [0.717, 1.165) is 32.1 Å². The summed E-state index contributed by atoms with van der Waals surface area (Å²) in [7, 11) is 0. The molecule has 1 heterocycles. The van der Waals surface area contributed by atoms with Crippen LogP contribution in [-0.2, 0) is 0 Å². The van der Waals surface area contributed by atoms with Crippen LogP contribution in [0.5, 0.6) is 0 Å². The number of carbonyl (C=O) groups is 2. The van der Waals surface area contributed by atoms with Gasteiger partial charge >= 0.3 is 0 Å². The molecule has 6 heteroatoms. The number of nitrogens with zero attached hydrogens (tertiary/aromatic N) is 1. The molecule has 0 radical (unpaired) electrons. The fourth-order valence-electron chi connectivity index (χ4n) is 3.41. The first kappa shape index (κ1) is 16.0. The number of amides is 2. The quantitative estimate of drug-likeness (QED) is 0.714. The molecule has 1 aliphatic heterocycles. The second-order valence-corrected chi connectivity index (χ2v) is 6.22. The molecule has 1 aromatic rings. The second-order valence-electron chi connectivity index (χ2n) is 6.22. The third-order valence-electron chi connectivity index (χ3n) is 4.63. The number of hydrogen-bond donors (Lipinski definition) is 3. The van der Waals surface area contributed by atoms with Crippen molar-refractivity contribution < 1.29 is 19.8 Å². The lowest BCUT2D eigenvalue weighted by Gasteiger charge is -2.29. The maximum atomic E-state index is 12.8. The van der Waals surface area contributed by atoms with Crippen molar-refractivity contribution in [2.75, 3.05) is 18.5 Å². The minimum absolute atomic E-state index is 0.00738. The average Bonchev–Trinajstić information content (AvgIpc) is 2.85. The number of carbonyl (C=O) groups excluding carboxylic acids is 2. The van der Waals surface area contributed by atoms with Gasteiger partial charge in [-0.3, -0.25) is 14.5 Å². The zero-order chi connectivity index (χ0) is 16.4. The highest BCUT2D eigenvalue weighted by atomic mass is 16.3. The van der Waals surface area contributed by atoms with Gasteiger partial charge in [0.2, 0.25) is 0 Å². The van der Waals surface area contributed by atoms with Gasteiger partial charge in [-0.1, -0.05) is 25.3 Å². The van der Waals surface area contributed by atoms with E-state index in [9.17, 15) is 14.7 Å². The number of rotatable bonds is 5. The van der Waals surface area contributed by atoms with E-state index in [4.69, 9.17) is 5.11 Å². The molecule has 1 aromatic carbocycles. The molecule has 3 N–H and O–H groups in total. The summed E-state index contributed by atoms with van der Waals surface area (Å²) in [5, 5.41) is 21.3. The molecule has 1 saturated carbocycles. The number of aliphatic hydroxyl groups excluding tert-OH is 2. The molecule has 0 bridgehead atoms. The van der Waals surface area contributed by atoms with Gasteiger partial charge in [-0.15, -0.1) is 0 Å². The number of aliphatic hydroxyl groups is 2. The highest BCUT2D eigenvalue weighted by Gasteiger charge is 2.41. The highest BCUT2D eigenvalue weighted by molar-refractivity contribution is 6.24. The van der Waals surface area contributed by atoms with E-state index in [-0.39, 0.29) is 31.0 Å². The lowest BCUT2D eigenvalue weighted by atomic mass is 9.94. The molecule has 1 aliphatic carbocycles. The van der Waals surface area contributed by atoms with Gasteiger partial charge < -0.3 is 15.5 Å². The van der Waals surface area contributed by atoms with Crippen LogP contribution in [-0.4, -0.2) is 52.2 Å². The Labute approximate surface area is 135 Å². The third-order valence-corrected chi connectivity index (χ3v) is 4.63. The van der Waals surface area contributed by atoms with Crippen LogP contribution in [0.25, 0.3) is 0 Å². The van der Waals surface area contributed by atoms with Crippen molar-refractivity contribution in [1.29, 1.82) is 0 Å². The Kier molecular flexibility index (Phi) is 4.63. The Hall–Kier alpha value is -1.92. The standard InChI is InChI=1S/C17H22N2O4/c20-10-12(21)9-18-14-8-4-7-13-15(14)17(23)19(16(13)22)11-5-2-1-3-6-11/h4,7-8,11-12,18,20-21H,1-3,5-6,9-10H2. The van der Waals surface area contributed by atoms with E-state index in [1.807, 2.05) is 0 Å². The highest BCUT2D eigenvalue weighted by Crippen LogP contribution is 2.34. The van der Waals surface area contributed by atoms with Gasteiger partial charge in [0, 0.05) is 18.3 Å². The number of benzene rings is 1. The Morgan fingerprint density at radius 1 is 1.17 bits per heavy atom. The summed E-state index contributed by atoms with van der Waals surface area (Å²) in [4.78, 5) is 26.8. The molecule has 0 spiro atoms. The molecule has 23 heavy (non-hydrogen) atoms. The van der Waals surface area contributed by atoms with E-state index in [1.54, 1.807) is 18.2 Å². The number of imide groups is 1. The fraction of sp³-hybridized carbons (Fsp3) is 0.529. The third kappa shape index (κ3) is 2.96. The first-order valence-electron chi connectivity index (χ1n) is 8.17. The van der Waals surface area contributed by atoms with Crippen LogP contribution >= 0.6 is 0 Å². The molecule has 6 nitrogen and oxygen atoms in total. The van der Waals surface area contributed by atoms with Gasteiger partial charge in [-0.2, -0.15) is 0 Å². The number of anilines is 1. The summed E-state index contributed by atoms with van der Waals surface area (Å²) in [6.45, 7) is -0.235. The van der Waals surface area contributed by atoms with E-state index < -0.39 is 6.10 Å². The van der Waals surface area contributed by atoms with Gasteiger partial charge in [0.25, 0.3) is 11.8 Å². The van der Waals surface area contributed by atoms with Crippen molar-refractivity contribution in [2.45, 2.75) is 44.2 Å². The molecular weight excluding hydrogens is 296 g/mol. The number of fused-ring (bicyclic) bond motifs is 1. The Balaban J connectivity index is 1.85. The van der Waals surface area contributed by atoms with Gasteiger partial charge in [0.05, 0.1) is 23.8 Å². The Morgan fingerprint density at radius 3 is 2.61 bits per heavy atom. The zero-order valence-corrected chi connectivity index (χ0v) is 13.0. The summed E-state index contributed by atoms with van der Waals surface area (Å²) in [5.74, 6) is -0.471. The van der Waals surface area contributed by atoms with Crippen molar-refractivity contribution in [3.8, 4) is 0 Å².